The van der Waals surface area contributed by atoms with Gasteiger partial charge in [0.05, 0.1) is 22.1 Å². The number of benzene rings is 1. The number of hydrogen-bond acceptors (Lipinski definition) is 7. The predicted octanol–water partition coefficient (Wildman–Crippen LogP) is 5.46. The summed E-state index contributed by atoms with van der Waals surface area (Å²) in [4.78, 5) is 28.7. The van der Waals surface area contributed by atoms with Crippen LogP contribution in [0.5, 0.6) is 0 Å². The fourth-order valence-electron chi connectivity index (χ4n) is 3.58. The number of thiazole rings is 1. The van der Waals surface area contributed by atoms with E-state index >= 15 is 0 Å². The van der Waals surface area contributed by atoms with E-state index in [1.807, 2.05) is 17.0 Å². The first-order valence-corrected chi connectivity index (χ1v) is 11.4. The molecule has 0 unspecified atom stereocenters. The van der Waals surface area contributed by atoms with E-state index in [2.05, 4.69) is 15.4 Å². The molecule has 1 aromatic carbocycles. The van der Waals surface area contributed by atoms with Gasteiger partial charge < -0.3 is 5.32 Å². The Hall–Kier alpha value is -2.72. The Morgan fingerprint density at radius 3 is 2.80 bits per heavy atom. The van der Waals surface area contributed by atoms with Gasteiger partial charge in [-0.05, 0) is 31.9 Å². The predicted molar refractivity (Wildman–Crippen MR) is 116 cm³/mol. The van der Waals surface area contributed by atoms with E-state index in [0.717, 1.165) is 35.7 Å². The topological polar surface area (TPSA) is 103 Å². The van der Waals surface area contributed by atoms with Crippen molar-refractivity contribution in [3.05, 3.63) is 57.2 Å². The van der Waals surface area contributed by atoms with E-state index in [1.54, 1.807) is 24.4 Å². The molecule has 4 rings (SSSR count). The number of anilines is 1. The van der Waals surface area contributed by atoms with Crippen molar-refractivity contribution in [3.63, 3.8) is 0 Å². The summed E-state index contributed by atoms with van der Waals surface area (Å²) < 4.78 is 2.59. The number of nitrogens with one attached hydrogen (secondary N) is 1. The molecule has 0 bridgehead atoms. The number of nitro benzene ring substituents is 1. The van der Waals surface area contributed by atoms with Crippen LogP contribution in [0.4, 0.5) is 11.5 Å². The molecule has 0 aliphatic heterocycles. The van der Waals surface area contributed by atoms with Crippen LogP contribution in [0.2, 0.25) is 0 Å². The third kappa shape index (κ3) is 4.54. The van der Waals surface area contributed by atoms with Gasteiger partial charge in [-0.15, -0.1) is 11.3 Å². The van der Waals surface area contributed by atoms with Gasteiger partial charge in [-0.2, -0.15) is 5.10 Å². The highest BCUT2D eigenvalue weighted by Crippen LogP contribution is 2.37. The molecule has 1 fully saturated rings. The molecule has 2 heterocycles. The normalized spacial score (nSPS) is 14.6. The van der Waals surface area contributed by atoms with Gasteiger partial charge in [-0.25, -0.2) is 9.67 Å². The smallest absolute Gasteiger partial charge is 0.284 e. The van der Waals surface area contributed by atoms with Gasteiger partial charge >= 0.3 is 0 Å². The third-order valence-electron chi connectivity index (χ3n) is 5.05. The zero-order valence-electron chi connectivity index (χ0n) is 16.4. The first kappa shape index (κ1) is 20.5. The van der Waals surface area contributed by atoms with Crippen molar-refractivity contribution in [1.29, 1.82) is 0 Å². The van der Waals surface area contributed by atoms with E-state index in [-0.39, 0.29) is 17.3 Å². The van der Waals surface area contributed by atoms with Crippen LogP contribution in [0.3, 0.4) is 0 Å². The van der Waals surface area contributed by atoms with Gasteiger partial charge in [0, 0.05) is 28.8 Å². The minimum atomic E-state index is -0.466. The van der Waals surface area contributed by atoms with Crippen molar-refractivity contribution in [3.8, 4) is 0 Å². The standard InChI is InChI=1S/C20H21N5O3S2/c1-13-12-29-20(22-13)30-17-8-7-14(11-16(17)25(27)28)19(26)23-18-9-10-21-24(18)15-5-3-2-4-6-15/h7-12,15H,2-6H2,1H3,(H,23,26). The first-order chi connectivity index (χ1) is 14.5. The quantitative estimate of drug-likeness (QED) is 0.400. The number of hydrogen-bond donors (Lipinski definition) is 1. The van der Waals surface area contributed by atoms with Crippen LogP contribution in [0, 0.1) is 17.0 Å². The maximum absolute atomic E-state index is 12.8. The van der Waals surface area contributed by atoms with E-state index in [9.17, 15) is 14.9 Å². The minimum absolute atomic E-state index is 0.110. The first-order valence-electron chi connectivity index (χ1n) is 9.74. The summed E-state index contributed by atoms with van der Waals surface area (Å²) in [6.45, 7) is 1.88. The number of nitrogens with zero attached hydrogens (tertiary/aromatic N) is 4. The van der Waals surface area contributed by atoms with E-state index < -0.39 is 10.8 Å². The van der Waals surface area contributed by atoms with Crippen LogP contribution in [0.1, 0.15) is 54.2 Å². The lowest BCUT2D eigenvalue weighted by atomic mass is 9.96. The summed E-state index contributed by atoms with van der Waals surface area (Å²) in [7, 11) is 0. The van der Waals surface area contributed by atoms with E-state index in [1.165, 1.54) is 35.6 Å². The molecule has 156 valence electrons. The second-order valence-corrected chi connectivity index (χ2v) is 9.35. The lowest BCUT2D eigenvalue weighted by molar-refractivity contribution is -0.387. The Labute approximate surface area is 181 Å². The SMILES string of the molecule is Cc1csc(Sc2ccc(C(=O)Nc3ccnn3C3CCCCC3)cc2[N+](=O)[O-])n1. The number of aryl methyl sites for hydroxylation is 1. The second-order valence-electron chi connectivity index (χ2n) is 7.20. The van der Waals surface area contributed by atoms with Gasteiger partial charge in [0.15, 0.2) is 4.34 Å². The van der Waals surface area contributed by atoms with E-state index in [0.29, 0.717) is 10.7 Å². The number of carbonyl (C=O) groups excluding carboxylic acids is 1. The Bertz CT molecular complexity index is 1070. The highest BCUT2D eigenvalue weighted by atomic mass is 32.2. The van der Waals surface area contributed by atoms with Crippen molar-refractivity contribution < 1.29 is 9.72 Å². The maximum Gasteiger partial charge on any atom is 0.284 e. The summed E-state index contributed by atoms with van der Waals surface area (Å²) in [5, 5.41) is 20.7. The molecule has 2 aromatic heterocycles. The Balaban J connectivity index is 1.54. The summed E-state index contributed by atoms with van der Waals surface area (Å²) in [5.74, 6) is 0.226. The lowest BCUT2D eigenvalue weighted by Gasteiger charge is -2.23. The summed E-state index contributed by atoms with van der Waals surface area (Å²) in [5.41, 5.74) is 0.995. The number of nitro groups is 1. The number of amides is 1. The third-order valence-corrected chi connectivity index (χ3v) is 7.17. The van der Waals surface area contributed by atoms with Crippen LogP contribution in [-0.4, -0.2) is 25.6 Å². The van der Waals surface area contributed by atoms with Crippen LogP contribution in [0.25, 0.3) is 0 Å². The molecule has 1 N–H and O–H groups in total. The lowest BCUT2D eigenvalue weighted by Crippen LogP contribution is -2.20. The number of aromatic nitrogens is 3. The molecule has 30 heavy (non-hydrogen) atoms. The number of rotatable bonds is 6. The van der Waals surface area contributed by atoms with Crippen LogP contribution >= 0.6 is 23.1 Å². The number of carbonyl (C=O) groups is 1. The molecule has 1 aliphatic rings. The summed E-state index contributed by atoms with van der Waals surface area (Å²) in [6.07, 6.45) is 7.29. The average Bonchev–Trinajstić information content (AvgIpc) is 3.37. The van der Waals surface area contributed by atoms with Crippen molar-refractivity contribution in [2.45, 2.75) is 54.3 Å². The molecule has 0 atom stereocenters. The van der Waals surface area contributed by atoms with Crippen LogP contribution in [0.15, 0.2) is 45.1 Å². The Morgan fingerprint density at radius 1 is 1.30 bits per heavy atom. The molecular formula is C20H21N5O3S2. The average molecular weight is 444 g/mol. The zero-order chi connectivity index (χ0) is 21.1. The highest BCUT2D eigenvalue weighted by molar-refractivity contribution is 8.01. The molecule has 8 nitrogen and oxygen atoms in total. The van der Waals surface area contributed by atoms with Gasteiger partial charge in [0.2, 0.25) is 0 Å². The Morgan fingerprint density at radius 2 is 2.10 bits per heavy atom. The van der Waals surface area contributed by atoms with Gasteiger partial charge in [-0.1, -0.05) is 31.0 Å². The molecule has 1 saturated carbocycles. The molecule has 0 spiro atoms. The summed E-state index contributed by atoms with van der Waals surface area (Å²) >= 11 is 2.66. The van der Waals surface area contributed by atoms with Gasteiger partial charge in [0.25, 0.3) is 11.6 Å². The molecule has 0 radical (unpaired) electrons. The molecule has 1 aliphatic carbocycles. The van der Waals surface area contributed by atoms with Crippen LogP contribution in [-0.2, 0) is 0 Å². The maximum atomic E-state index is 12.8. The van der Waals surface area contributed by atoms with Crippen molar-refractivity contribution in [1.82, 2.24) is 14.8 Å². The monoisotopic (exact) mass is 443 g/mol. The molecule has 0 saturated heterocycles. The molecule has 1 amide bonds. The van der Waals surface area contributed by atoms with Crippen molar-refractivity contribution in [2.24, 2.45) is 0 Å². The zero-order valence-corrected chi connectivity index (χ0v) is 18.0. The van der Waals surface area contributed by atoms with Crippen molar-refractivity contribution >= 4 is 40.5 Å². The van der Waals surface area contributed by atoms with Gasteiger partial charge in [0.1, 0.15) is 5.82 Å². The fourth-order valence-corrected chi connectivity index (χ4v) is 5.46. The molecule has 3 aromatic rings. The fraction of sp³-hybridized carbons (Fsp3) is 0.350. The highest BCUT2D eigenvalue weighted by Gasteiger charge is 2.22. The molecule has 10 heteroatoms. The summed E-state index contributed by atoms with van der Waals surface area (Å²) in [6, 6.07) is 6.56. The second kappa shape index (κ2) is 8.97. The Kier molecular flexibility index (Phi) is 6.14. The minimum Gasteiger partial charge on any atom is -0.307 e. The van der Waals surface area contributed by atoms with Gasteiger partial charge in [-0.3, -0.25) is 14.9 Å². The largest absolute Gasteiger partial charge is 0.307 e. The van der Waals surface area contributed by atoms with E-state index in [4.69, 9.17) is 0 Å². The molecular weight excluding hydrogens is 422 g/mol. The van der Waals surface area contributed by atoms with Crippen LogP contribution < -0.4 is 5.32 Å². The van der Waals surface area contributed by atoms with Crippen molar-refractivity contribution in [2.75, 3.05) is 5.32 Å².